The zero-order valence-electron chi connectivity index (χ0n) is 21.9. The Morgan fingerprint density at radius 2 is 1.82 bits per heavy atom. The van der Waals surface area contributed by atoms with Gasteiger partial charge in [-0.2, -0.15) is 8.42 Å². The first kappa shape index (κ1) is 28.7. The molecular formula is C27H33N3O7S. The van der Waals surface area contributed by atoms with Gasteiger partial charge in [0.15, 0.2) is 28.0 Å². The van der Waals surface area contributed by atoms with Crippen molar-refractivity contribution >= 4 is 21.6 Å². The average molecular weight is 544 g/mol. The number of ether oxygens (including phenoxy) is 3. The van der Waals surface area contributed by atoms with Crippen LogP contribution in [0.3, 0.4) is 0 Å². The van der Waals surface area contributed by atoms with E-state index in [1.807, 2.05) is 20.8 Å². The van der Waals surface area contributed by atoms with Crippen molar-refractivity contribution < 1.29 is 32.5 Å². The average Bonchev–Trinajstić information content (AvgIpc) is 2.91. The van der Waals surface area contributed by atoms with Crippen LogP contribution in [0.5, 0.6) is 23.0 Å². The van der Waals surface area contributed by atoms with Crippen LogP contribution >= 0.6 is 0 Å². The zero-order chi connectivity index (χ0) is 27.7. The quantitative estimate of drug-likeness (QED) is 0.290. The number of pyridine rings is 1. The number of methoxy groups -OCH3 is 1. The van der Waals surface area contributed by atoms with Gasteiger partial charge in [-0.25, -0.2) is 4.98 Å². The van der Waals surface area contributed by atoms with Crippen molar-refractivity contribution in [2.45, 2.75) is 38.1 Å². The maximum atomic E-state index is 13.4. The molecule has 2 aromatic carbocycles. The molecule has 38 heavy (non-hydrogen) atoms. The lowest BCUT2D eigenvalue weighted by Crippen LogP contribution is -2.24. The smallest absolute Gasteiger partial charge is 0.279 e. The molecule has 0 saturated carbocycles. The van der Waals surface area contributed by atoms with Gasteiger partial charge in [0.1, 0.15) is 6.61 Å². The Labute approximate surface area is 223 Å². The van der Waals surface area contributed by atoms with Gasteiger partial charge in [0.25, 0.3) is 15.9 Å². The predicted molar refractivity (Wildman–Crippen MR) is 144 cm³/mol. The van der Waals surface area contributed by atoms with E-state index in [-0.39, 0.29) is 52.7 Å². The second-order valence-corrected chi connectivity index (χ2v) is 10.3. The number of nitrogens with zero attached hydrogens (tertiary/aromatic N) is 1. The number of aromatic nitrogens is 1. The van der Waals surface area contributed by atoms with Crippen LogP contribution in [-0.4, -0.2) is 51.3 Å². The number of nitrogens with one attached hydrogen (secondary N) is 2. The van der Waals surface area contributed by atoms with E-state index in [1.54, 1.807) is 30.3 Å². The van der Waals surface area contributed by atoms with E-state index in [0.29, 0.717) is 18.7 Å². The number of amides is 1. The maximum absolute atomic E-state index is 13.4. The number of benzene rings is 2. The molecule has 0 aliphatic carbocycles. The third-order valence-electron chi connectivity index (χ3n) is 5.43. The van der Waals surface area contributed by atoms with Gasteiger partial charge in [0.05, 0.1) is 19.4 Å². The number of carbonyl (C=O) groups is 1. The summed E-state index contributed by atoms with van der Waals surface area (Å²) in [6, 6.07) is 12.7. The molecule has 0 saturated heterocycles. The van der Waals surface area contributed by atoms with Crippen LogP contribution in [0.2, 0.25) is 0 Å². The largest absolute Gasteiger partial charge is 0.493 e. The molecule has 0 aliphatic rings. The summed E-state index contributed by atoms with van der Waals surface area (Å²) in [5, 5.41) is 11.9. The van der Waals surface area contributed by atoms with Crippen LogP contribution in [0.25, 0.3) is 0 Å². The Balaban J connectivity index is 2.14. The molecule has 1 amide bonds. The fourth-order valence-corrected chi connectivity index (χ4v) is 4.40. The molecule has 3 rings (SSSR count). The second-order valence-electron chi connectivity index (χ2n) is 8.62. The highest BCUT2D eigenvalue weighted by molar-refractivity contribution is 7.92. The number of rotatable bonds is 13. The molecule has 11 heteroatoms. The number of aliphatic hydroxyl groups excluding tert-OH is 1. The normalized spacial score (nSPS) is 11.2. The van der Waals surface area contributed by atoms with Crippen LogP contribution in [0.4, 0.5) is 5.69 Å². The summed E-state index contributed by atoms with van der Waals surface area (Å²) in [7, 11) is -2.72. The Kier molecular flexibility index (Phi) is 9.91. The molecule has 1 heterocycles. The molecule has 0 spiro atoms. The minimum Gasteiger partial charge on any atom is -0.493 e. The molecule has 0 radical (unpaired) electrons. The Hall–Kier alpha value is -3.83. The Bertz CT molecular complexity index is 1340. The number of hydrogen-bond acceptors (Lipinski definition) is 8. The van der Waals surface area contributed by atoms with Crippen LogP contribution in [0.1, 0.15) is 49.0 Å². The highest BCUT2D eigenvalue weighted by Crippen LogP contribution is 2.43. The number of aliphatic hydroxyl groups is 1. The van der Waals surface area contributed by atoms with Crippen molar-refractivity contribution in [3.05, 3.63) is 65.9 Å². The van der Waals surface area contributed by atoms with Crippen LogP contribution in [-0.2, 0) is 10.0 Å². The Morgan fingerprint density at radius 1 is 1.08 bits per heavy atom. The summed E-state index contributed by atoms with van der Waals surface area (Å²) < 4.78 is 46.4. The third kappa shape index (κ3) is 7.14. The fraction of sp³-hybridized carbons (Fsp3) is 0.333. The number of sulfonamides is 1. The van der Waals surface area contributed by atoms with E-state index >= 15 is 0 Å². The maximum Gasteiger partial charge on any atom is 0.279 e. The van der Waals surface area contributed by atoms with Gasteiger partial charge in [0.2, 0.25) is 0 Å². The van der Waals surface area contributed by atoms with Crippen molar-refractivity contribution in [2.75, 3.05) is 31.6 Å². The van der Waals surface area contributed by atoms with Crippen molar-refractivity contribution in [3.63, 3.8) is 0 Å². The third-order valence-corrected chi connectivity index (χ3v) is 6.71. The summed E-state index contributed by atoms with van der Waals surface area (Å²) in [4.78, 5) is 16.9. The van der Waals surface area contributed by atoms with Gasteiger partial charge < -0.3 is 24.6 Å². The molecule has 0 unspecified atom stereocenters. The highest BCUT2D eigenvalue weighted by Gasteiger charge is 2.24. The number of para-hydroxylation sites is 2. The molecule has 0 aliphatic heterocycles. The predicted octanol–water partition coefficient (Wildman–Crippen LogP) is 4.32. The Morgan fingerprint density at radius 3 is 2.42 bits per heavy atom. The lowest BCUT2D eigenvalue weighted by molar-refractivity contribution is 0.0953. The van der Waals surface area contributed by atoms with Gasteiger partial charge in [-0.1, -0.05) is 39.0 Å². The van der Waals surface area contributed by atoms with E-state index in [9.17, 15) is 18.3 Å². The molecule has 3 N–H and O–H groups in total. The molecule has 3 aromatic rings. The minimum absolute atomic E-state index is 0.0163. The van der Waals surface area contributed by atoms with E-state index in [1.165, 1.54) is 31.5 Å². The summed E-state index contributed by atoms with van der Waals surface area (Å²) in [5.41, 5.74) is 0.973. The topological polar surface area (TPSA) is 136 Å². The first-order valence-corrected chi connectivity index (χ1v) is 13.7. The van der Waals surface area contributed by atoms with E-state index < -0.39 is 15.9 Å². The molecule has 204 valence electrons. The molecule has 0 atom stereocenters. The fourth-order valence-electron chi connectivity index (χ4n) is 3.42. The zero-order valence-corrected chi connectivity index (χ0v) is 22.7. The van der Waals surface area contributed by atoms with E-state index in [2.05, 4.69) is 15.0 Å². The van der Waals surface area contributed by atoms with Gasteiger partial charge in [-0.3, -0.25) is 9.52 Å². The number of hydrogen-bond donors (Lipinski definition) is 3. The van der Waals surface area contributed by atoms with Crippen molar-refractivity contribution in [1.82, 2.24) is 10.3 Å². The number of anilines is 1. The second kappa shape index (κ2) is 13.1. The van der Waals surface area contributed by atoms with E-state index in [4.69, 9.17) is 14.2 Å². The summed E-state index contributed by atoms with van der Waals surface area (Å²) >= 11 is 0. The van der Waals surface area contributed by atoms with Gasteiger partial charge in [-0.15, -0.1) is 0 Å². The standard InChI is InChI=1S/C27H33N3O7S/c1-5-12-28-27(32)20-15-21(30-38(33,34)25-11-10-19(17-29-25)18(2)3)26(24(16-20)36-14-13-31)37-23-9-7-6-8-22(23)35-4/h6-11,15-18,30-31H,5,12-14H2,1-4H3,(H,28,32). The molecule has 0 bridgehead atoms. The SMILES string of the molecule is CCCNC(=O)c1cc(NS(=O)(=O)c2ccc(C(C)C)cn2)c(Oc2ccccc2OC)c(OCCO)c1. The monoisotopic (exact) mass is 543 g/mol. The molecule has 0 fully saturated rings. The molecule has 1 aromatic heterocycles. The van der Waals surface area contributed by atoms with Crippen molar-refractivity contribution in [3.8, 4) is 23.0 Å². The molecule has 10 nitrogen and oxygen atoms in total. The van der Waals surface area contributed by atoms with Crippen LogP contribution < -0.4 is 24.2 Å². The first-order valence-electron chi connectivity index (χ1n) is 12.2. The van der Waals surface area contributed by atoms with E-state index in [0.717, 1.165) is 5.56 Å². The lowest BCUT2D eigenvalue weighted by atomic mass is 10.1. The van der Waals surface area contributed by atoms with Crippen molar-refractivity contribution in [1.29, 1.82) is 0 Å². The highest BCUT2D eigenvalue weighted by atomic mass is 32.2. The summed E-state index contributed by atoms with van der Waals surface area (Å²) in [5.74, 6) is 0.464. The van der Waals surface area contributed by atoms with Crippen molar-refractivity contribution in [2.24, 2.45) is 0 Å². The van der Waals surface area contributed by atoms with Gasteiger partial charge >= 0.3 is 0 Å². The lowest BCUT2D eigenvalue weighted by Gasteiger charge is -2.19. The number of carbonyl (C=O) groups excluding carboxylic acids is 1. The molecular weight excluding hydrogens is 510 g/mol. The van der Waals surface area contributed by atoms with Crippen LogP contribution in [0, 0.1) is 0 Å². The van der Waals surface area contributed by atoms with Gasteiger partial charge in [0, 0.05) is 18.3 Å². The van der Waals surface area contributed by atoms with Crippen LogP contribution in [0.15, 0.2) is 59.8 Å². The first-order chi connectivity index (χ1) is 18.2. The van der Waals surface area contributed by atoms with Gasteiger partial charge in [-0.05, 0) is 48.2 Å². The summed E-state index contributed by atoms with van der Waals surface area (Å²) in [6.07, 6.45) is 2.22. The summed E-state index contributed by atoms with van der Waals surface area (Å²) in [6.45, 7) is 5.87. The minimum atomic E-state index is -4.19.